The molecule has 0 spiro atoms. The highest BCUT2D eigenvalue weighted by Crippen LogP contribution is 2.23. The van der Waals surface area contributed by atoms with Crippen LogP contribution in [0.2, 0.25) is 0 Å². The molecule has 7 nitrogen and oxygen atoms in total. The third kappa shape index (κ3) is 3.05. The molecule has 1 unspecified atom stereocenters. The quantitative estimate of drug-likeness (QED) is 0.753. The lowest BCUT2D eigenvalue weighted by Crippen LogP contribution is -2.41. The van der Waals surface area contributed by atoms with Crippen molar-refractivity contribution in [2.75, 3.05) is 13.1 Å². The van der Waals surface area contributed by atoms with Gasteiger partial charge in [0.25, 0.3) is 11.5 Å². The van der Waals surface area contributed by atoms with Crippen LogP contribution in [0.15, 0.2) is 59.4 Å². The lowest BCUT2D eigenvalue weighted by atomic mass is 10.0. The number of aromatic nitrogens is 2. The van der Waals surface area contributed by atoms with Crippen LogP contribution in [0.4, 0.5) is 0 Å². The van der Waals surface area contributed by atoms with Gasteiger partial charge in [-0.3, -0.25) is 9.59 Å². The summed E-state index contributed by atoms with van der Waals surface area (Å²) in [6, 6.07) is 14.3. The first-order valence-electron chi connectivity index (χ1n) is 9.16. The van der Waals surface area contributed by atoms with Crippen molar-refractivity contribution in [1.82, 2.24) is 14.7 Å². The van der Waals surface area contributed by atoms with E-state index in [4.69, 9.17) is 0 Å². The minimum Gasteiger partial charge on any atom is -0.476 e. The number of carbonyl (C=O) groups excluding carboxylic acids is 1. The summed E-state index contributed by atoms with van der Waals surface area (Å²) in [7, 11) is 0. The number of hydrogen-bond donors (Lipinski definition) is 1. The van der Waals surface area contributed by atoms with Gasteiger partial charge in [-0.25, -0.2) is 9.48 Å². The average molecular weight is 377 g/mol. The maximum absolute atomic E-state index is 13.3. The minimum atomic E-state index is -1.25. The molecule has 1 aromatic heterocycles. The van der Waals surface area contributed by atoms with Crippen LogP contribution in [0.3, 0.4) is 0 Å². The number of carboxylic acid groups (broad SMARTS) is 1. The monoisotopic (exact) mass is 377 g/mol. The van der Waals surface area contributed by atoms with Crippen LogP contribution < -0.4 is 5.56 Å². The summed E-state index contributed by atoms with van der Waals surface area (Å²) in [4.78, 5) is 40.0. The summed E-state index contributed by atoms with van der Waals surface area (Å²) in [5.74, 6) is -1.49. The number of carboxylic acids is 1. The second kappa shape index (κ2) is 7.26. The summed E-state index contributed by atoms with van der Waals surface area (Å²) >= 11 is 0. The smallest absolute Gasteiger partial charge is 0.357 e. The number of aromatic carboxylic acids is 1. The molecule has 0 radical (unpaired) electrons. The Hall–Kier alpha value is -3.48. The summed E-state index contributed by atoms with van der Waals surface area (Å²) in [5.41, 5.74) is -0.132. The lowest BCUT2D eigenvalue weighted by molar-refractivity contribution is -0.132. The standard InChI is InChI=1S/C21H19N3O4/c25-19-16-11-5-4-10-15(16)17(21(27)28)22-24(19)18(14-8-2-1-3-9-14)20(26)23-12-6-7-13-23/h1-5,8-11,18H,6-7,12-13H2,(H,27,28). The topological polar surface area (TPSA) is 92.5 Å². The Morgan fingerprint density at radius 3 is 2.18 bits per heavy atom. The Labute approximate surface area is 160 Å². The first-order chi connectivity index (χ1) is 13.6. The Kier molecular flexibility index (Phi) is 4.65. The normalized spacial score (nSPS) is 14.9. The minimum absolute atomic E-state index is 0.227. The number of amides is 1. The molecule has 1 aliphatic heterocycles. The van der Waals surface area contributed by atoms with Crippen molar-refractivity contribution in [3.05, 3.63) is 76.2 Å². The molecular formula is C21H19N3O4. The highest BCUT2D eigenvalue weighted by atomic mass is 16.4. The van der Waals surface area contributed by atoms with Crippen molar-refractivity contribution >= 4 is 22.6 Å². The van der Waals surface area contributed by atoms with Crippen LogP contribution in [0, 0.1) is 0 Å². The predicted octanol–water partition coefficient (Wildman–Crippen LogP) is 2.31. The van der Waals surface area contributed by atoms with Gasteiger partial charge in [-0.2, -0.15) is 5.10 Å². The zero-order chi connectivity index (χ0) is 19.7. The van der Waals surface area contributed by atoms with Gasteiger partial charge in [0.05, 0.1) is 5.39 Å². The predicted molar refractivity (Wildman–Crippen MR) is 103 cm³/mol. The van der Waals surface area contributed by atoms with Crippen molar-refractivity contribution in [1.29, 1.82) is 0 Å². The van der Waals surface area contributed by atoms with Gasteiger partial charge in [0.15, 0.2) is 11.7 Å². The number of nitrogens with zero attached hydrogens (tertiary/aromatic N) is 3. The van der Waals surface area contributed by atoms with Gasteiger partial charge < -0.3 is 10.0 Å². The summed E-state index contributed by atoms with van der Waals surface area (Å²) < 4.78 is 1.03. The van der Waals surface area contributed by atoms with Crippen molar-refractivity contribution in [2.45, 2.75) is 18.9 Å². The number of hydrogen-bond acceptors (Lipinski definition) is 4. The largest absolute Gasteiger partial charge is 0.476 e. The van der Waals surface area contributed by atoms with Crippen molar-refractivity contribution in [3.63, 3.8) is 0 Å². The van der Waals surface area contributed by atoms with Crippen LogP contribution in [-0.2, 0) is 4.79 Å². The Balaban J connectivity index is 1.97. The van der Waals surface area contributed by atoms with Crippen LogP contribution in [0.5, 0.6) is 0 Å². The number of carbonyl (C=O) groups is 2. The molecule has 2 heterocycles. The molecular weight excluding hydrogens is 358 g/mol. The van der Waals surface area contributed by atoms with E-state index in [2.05, 4.69) is 5.10 Å². The molecule has 7 heteroatoms. The van der Waals surface area contributed by atoms with Gasteiger partial charge in [0.2, 0.25) is 0 Å². The molecule has 1 amide bonds. The Morgan fingerprint density at radius 2 is 1.54 bits per heavy atom. The average Bonchev–Trinajstić information content (AvgIpc) is 3.25. The van der Waals surface area contributed by atoms with Crippen molar-refractivity contribution < 1.29 is 14.7 Å². The van der Waals surface area contributed by atoms with Crippen LogP contribution in [-0.4, -0.2) is 44.8 Å². The Morgan fingerprint density at radius 1 is 0.929 bits per heavy atom. The third-order valence-corrected chi connectivity index (χ3v) is 5.04. The maximum atomic E-state index is 13.3. The SMILES string of the molecule is O=C(O)c1nn(C(C(=O)N2CCCC2)c2ccccc2)c(=O)c2ccccc12. The van der Waals surface area contributed by atoms with E-state index in [1.165, 1.54) is 0 Å². The van der Waals surface area contributed by atoms with E-state index in [0.29, 0.717) is 18.7 Å². The molecule has 3 aromatic rings. The van der Waals surface area contributed by atoms with E-state index in [1.807, 2.05) is 6.07 Å². The fourth-order valence-electron chi connectivity index (χ4n) is 3.67. The molecule has 1 fully saturated rings. The van der Waals surface area contributed by atoms with Gasteiger partial charge in [-0.15, -0.1) is 0 Å². The highest BCUT2D eigenvalue weighted by molar-refractivity contribution is 6.01. The zero-order valence-corrected chi connectivity index (χ0v) is 15.1. The molecule has 0 saturated carbocycles. The highest BCUT2D eigenvalue weighted by Gasteiger charge is 2.32. The van der Waals surface area contributed by atoms with Gasteiger partial charge in [-0.1, -0.05) is 48.5 Å². The van der Waals surface area contributed by atoms with E-state index < -0.39 is 17.6 Å². The second-order valence-electron chi connectivity index (χ2n) is 6.79. The summed E-state index contributed by atoms with van der Waals surface area (Å²) in [6.45, 7) is 1.24. The molecule has 28 heavy (non-hydrogen) atoms. The lowest BCUT2D eigenvalue weighted by Gasteiger charge is -2.25. The van der Waals surface area contributed by atoms with Gasteiger partial charge >= 0.3 is 5.97 Å². The van der Waals surface area contributed by atoms with Gasteiger partial charge in [0, 0.05) is 18.5 Å². The van der Waals surface area contributed by atoms with E-state index in [1.54, 1.807) is 53.4 Å². The van der Waals surface area contributed by atoms with Crippen molar-refractivity contribution in [3.8, 4) is 0 Å². The number of fused-ring (bicyclic) bond motifs is 1. The summed E-state index contributed by atoms with van der Waals surface area (Å²) in [6.07, 6.45) is 1.82. The van der Waals surface area contributed by atoms with E-state index >= 15 is 0 Å². The van der Waals surface area contributed by atoms with Crippen LogP contribution >= 0.6 is 0 Å². The molecule has 0 bridgehead atoms. The fraction of sp³-hybridized carbons (Fsp3) is 0.238. The second-order valence-corrected chi connectivity index (χ2v) is 6.79. The zero-order valence-electron chi connectivity index (χ0n) is 15.1. The van der Waals surface area contributed by atoms with Crippen LogP contribution in [0.1, 0.15) is 34.9 Å². The first-order valence-corrected chi connectivity index (χ1v) is 9.16. The molecule has 2 aromatic carbocycles. The van der Waals surface area contributed by atoms with E-state index in [-0.39, 0.29) is 22.4 Å². The van der Waals surface area contributed by atoms with Crippen LogP contribution in [0.25, 0.3) is 10.8 Å². The third-order valence-electron chi connectivity index (χ3n) is 5.04. The molecule has 1 atom stereocenters. The van der Waals surface area contributed by atoms with Gasteiger partial charge in [0.1, 0.15) is 0 Å². The maximum Gasteiger partial charge on any atom is 0.357 e. The number of rotatable bonds is 4. The molecule has 1 N–H and O–H groups in total. The number of likely N-dealkylation sites (tertiary alicyclic amines) is 1. The number of benzene rings is 2. The fourth-order valence-corrected chi connectivity index (χ4v) is 3.67. The summed E-state index contributed by atoms with van der Waals surface area (Å²) in [5, 5.41) is 14.2. The Bertz CT molecular complexity index is 1100. The van der Waals surface area contributed by atoms with Crippen molar-refractivity contribution in [2.24, 2.45) is 0 Å². The van der Waals surface area contributed by atoms with E-state index in [0.717, 1.165) is 17.5 Å². The van der Waals surface area contributed by atoms with Gasteiger partial charge in [-0.05, 0) is 24.5 Å². The molecule has 1 saturated heterocycles. The first kappa shape index (κ1) is 17.9. The molecule has 0 aliphatic carbocycles. The molecule has 142 valence electrons. The van der Waals surface area contributed by atoms with E-state index in [9.17, 15) is 19.5 Å². The molecule has 1 aliphatic rings. The molecule has 4 rings (SSSR count).